The molecule has 0 aromatic heterocycles. The van der Waals surface area contributed by atoms with Crippen LogP contribution in [-0.2, 0) is 11.2 Å². The van der Waals surface area contributed by atoms with Crippen molar-refractivity contribution in [3.05, 3.63) is 64.4 Å². The lowest BCUT2D eigenvalue weighted by atomic mass is 9.69. The Labute approximate surface area is 225 Å². The number of fused-ring (bicyclic) bond motifs is 5. The number of ether oxygens (including phenoxy) is 4. The van der Waals surface area contributed by atoms with Crippen LogP contribution in [0.2, 0.25) is 0 Å². The molecule has 2 aromatic rings. The largest absolute Gasteiger partial charge is 0.490 e. The maximum atomic E-state index is 13.8. The zero-order valence-corrected chi connectivity index (χ0v) is 22.9. The summed E-state index contributed by atoms with van der Waals surface area (Å²) < 4.78 is 23.9. The number of Topliss-reactive ketones (excluding diaryl/α,β-unsaturated/α-hetero) is 1. The predicted molar refractivity (Wildman–Crippen MR) is 147 cm³/mol. The molecule has 0 saturated carbocycles. The monoisotopic (exact) mass is 515 g/mol. The maximum Gasteiger partial charge on any atom is 0.162 e. The molecule has 0 N–H and O–H groups in total. The number of hydrogen-bond donors (Lipinski definition) is 0. The van der Waals surface area contributed by atoms with Gasteiger partial charge in [-0.1, -0.05) is 19.9 Å². The van der Waals surface area contributed by atoms with Gasteiger partial charge in [0.15, 0.2) is 28.8 Å². The third-order valence-corrected chi connectivity index (χ3v) is 7.93. The second kappa shape index (κ2) is 9.72. The lowest BCUT2D eigenvalue weighted by Gasteiger charge is -2.46. The van der Waals surface area contributed by atoms with E-state index in [1.807, 2.05) is 19.9 Å². The molecule has 6 heteroatoms. The van der Waals surface area contributed by atoms with Gasteiger partial charge in [0.1, 0.15) is 0 Å². The molecule has 6 nitrogen and oxygen atoms in total. The summed E-state index contributed by atoms with van der Waals surface area (Å²) in [6.45, 7) is 11.6. The van der Waals surface area contributed by atoms with E-state index in [0.717, 1.165) is 65.6 Å². The zero-order valence-electron chi connectivity index (χ0n) is 22.9. The number of rotatable bonds is 5. The molecule has 3 heterocycles. The van der Waals surface area contributed by atoms with Crippen molar-refractivity contribution in [3.8, 4) is 23.0 Å². The quantitative estimate of drug-likeness (QED) is 0.467. The van der Waals surface area contributed by atoms with E-state index in [-0.39, 0.29) is 17.1 Å². The average Bonchev–Trinajstić information content (AvgIpc) is 3.12. The molecule has 3 aliphatic heterocycles. The normalized spacial score (nSPS) is 21.6. The Bertz CT molecular complexity index is 1340. The Kier molecular flexibility index (Phi) is 6.37. The molecule has 200 valence electrons. The molecule has 1 unspecified atom stereocenters. The van der Waals surface area contributed by atoms with Crippen molar-refractivity contribution in [2.45, 2.75) is 59.3 Å². The fourth-order valence-corrected chi connectivity index (χ4v) is 6.32. The van der Waals surface area contributed by atoms with Crippen molar-refractivity contribution in [2.24, 2.45) is 5.41 Å². The molecule has 0 radical (unpaired) electrons. The number of hydrogen-bond acceptors (Lipinski definition) is 6. The minimum absolute atomic E-state index is 0.0801. The summed E-state index contributed by atoms with van der Waals surface area (Å²) in [6, 6.07) is 10.4. The van der Waals surface area contributed by atoms with Gasteiger partial charge >= 0.3 is 0 Å². The first-order chi connectivity index (χ1) is 18.4. The minimum atomic E-state index is -0.156. The molecular formula is C32H37NO5. The van der Waals surface area contributed by atoms with Gasteiger partial charge in [0.05, 0.1) is 26.4 Å². The minimum Gasteiger partial charge on any atom is -0.490 e. The lowest BCUT2D eigenvalue weighted by molar-refractivity contribution is -0.118. The number of nitrogens with zero attached hydrogens (tertiary/aromatic N) is 1. The number of ketones is 1. The van der Waals surface area contributed by atoms with E-state index in [4.69, 9.17) is 18.9 Å². The van der Waals surface area contributed by atoms with E-state index < -0.39 is 0 Å². The molecule has 0 amide bonds. The molecule has 0 fully saturated rings. The zero-order chi connectivity index (χ0) is 26.4. The highest BCUT2D eigenvalue weighted by Gasteiger charge is 2.43. The summed E-state index contributed by atoms with van der Waals surface area (Å²) in [6.07, 6.45) is 5.49. The van der Waals surface area contributed by atoms with Crippen LogP contribution in [0.4, 0.5) is 0 Å². The molecular weight excluding hydrogens is 478 g/mol. The summed E-state index contributed by atoms with van der Waals surface area (Å²) in [7, 11) is 0. The molecule has 1 atom stereocenters. The molecule has 6 rings (SSSR count). The van der Waals surface area contributed by atoms with Crippen molar-refractivity contribution in [3.63, 3.8) is 0 Å². The fourth-order valence-electron chi connectivity index (χ4n) is 6.32. The number of benzene rings is 2. The van der Waals surface area contributed by atoms with Crippen molar-refractivity contribution in [2.75, 3.05) is 33.0 Å². The highest BCUT2D eigenvalue weighted by molar-refractivity contribution is 6.01. The third-order valence-electron chi connectivity index (χ3n) is 7.93. The van der Waals surface area contributed by atoms with Crippen molar-refractivity contribution in [1.82, 2.24) is 4.90 Å². The number of allylic oxidation sites excluding steroid dienone is 3. The van der Waals surface area contributed by atoms with E-state index >= 15 is 0 Å². The molecule has 2 aromatic carbocycles. The van der Waals surface area contributed by atoms with Crippen molar-refractivity contribution in [1.29, 1.82) is 0 Å². The first kappa shape index (κ1) is 24.9. The van der Waals surface area contributed by atoms with Gasteiger partial charge in [0, 0.05) is 47.8 Å². The fraction of sp³-hybridized carbons (Fsp3) is 0.469. The second-order valence-corrected chi connectivity index (χ2v) is 11.3. The molecule has 0 saturated heterocycles. The van der Waals surface area contributed by atoms with Gasteiger partial charge in [-0.2, -0.15) is 0 Å². The van der Waals surface area contributed by atoms with Crippen LogP contribution in [0.15, 0.2) is 47.7 Å². The Balaban J connectivity index is 1.51. The van der Waals surface area contributed by atoms with Crippen LogP contribution in [0, 0.1) is 5.41 Å². The van der Waals surface area contributed by atoms with Crippen molar-refractivity contribution >= 4 is 11.5 Å². The lowest BCUT2D eigenvalue weighted by Crippen LogP contribution is -2.40. The van der Waals surface area contributed by atoms with Gasteiger partial charge in [-0.3, -0.25) is 4.79 Å². The summed E-state index contributed by atoms with van der Waals surface area (Å²) in [4.78, 5) is 16.1. The summed E-state index contributed by atoms with van der Waals surface area (Å²) in [5.41, 5.74) is 6.65. The van der Waals surface area contributed by atoms with E-state index in [0.29, 0.717) is 32.8 Å². The topological polar surface area (TPSA) is 57.2 Å². The van der Waals surface area contributed by atoms with Gasteiger partial charge in [-0.25, -0.2) is 0 Å². The maximum absolute atomic E-state index is 13.8. The summed E-state index contributed by atoms with van der Waals surface area (Å²) in [5.74, 6) is 3.18. The van der Waals surface area contributed by atoms with Gasteiger partial charge in [-0.15, -0.1) is 0 Å². The molecule has 38 heavy (non-hydrogen) atoms. The SMILES string of the molecule is CCOc1ccc(C2C=C3c4cc5c(cc4CCN3C3=C2C(=O)CC(C)(C)C3)OCCCO5)cc1OCC. The van der Waals surface area contributed by atoms with Gasteiger partial charge in [-0.05, 0) is 73.6 Å². The van der Waals surface area contributed by atoms with Crippen LogP contribution >= 0.6 is 0 Å². The van der Waals surface area contributed by atoms with Crippen LogP contribution in [0.5, 0.6) is 23.0 Å². The number of carbonyl (C=O) groups is 1. The Morgan fingerprint density at radius 3 is 2.47 bits per heavy atom. The Hall–Kier alpha value is -3.41. The molecule has 4 aliphatic rings. The van der Waals surface area contributed by atoms with Gasteiger partial charge < -0.3 is 23.8 Å². The van der Waals surface area contributed by atoms with E-state index in [1.54, 1.807) is 0 Å². The highest BCUT2D eigenvalue weighted by Crippen LogP contribution is 2.52. The van der Waals surface area contributed by atoms with Crippen LogP contribution in [-0.4, -0.2) is 43.7 Å². The summed E-state index contributed by atoms with van der Waals surface area (Å²) >= 11 is 0. The molecule has 1 aliphatic carbocycles. The molecule has 0 bridgehead atoms. The third kappa shape index (κ3) is 4.34. The smallest absolute Gasteiger partial charge is 0.162 e. The van der Waals surface area contributed by atoms with Gasteiger partial charge in [0.25, 0.3) is 0 Å². The van der Waals surface area contributed by atoms with E-state index in [2.05, 4.69) is 49.1 Å². The summed E-state index contributed by atoms with van der Waals surface area (Å²) in [5, 5.41) is 0. The predicted octanol–water partition coefficient (Wildman–Crippen LogP) is 6.28. The standard InChI is InChI=1S/C32H37NO5/c1-5-35-27-9-8-20(14-28(27)36-6-2)23-16-24-22-17-30-29(37-12-7-13-38-30)15-21(22)10-11-33(24)25-18-32(3,4)19-26(34)31(23)25/h8-9,14-17,23H,5-7,10-13,18-19H2,1-4H3. The van der Waals surface area contributed by atoms with E-state index in [9.17, 15) is 4.79 Å². The van der Waals surface area contributed by atoms with Crippen LogP contribution in [0.1, 0.15) is 69.6 Å². The first-order valence-electron chi connectivity index (χ1n) is 14.0. The number of carbonyl (C=O) groups excluding carboxylic acids is 1. The molecule has 0 spiro atoms. The van der Waals surface area contributed by atoms with Gasteiger partial charge in [0.2, 0.25) is 0 Å². The van der Waals surface area contributed by atoms with E-state index in [1.165, 1.54) is 16.8 Å². The van der Waals surface area contributed by atoms with Crippen LogP contribution in [0.3, 0.4) is 0 Å². The second-order valence-electron chi connectivity index (χ2n) is 11.3. The van der Waals surface area contributed by atoms with Crippen molar-refractivity contribution < 1.29 is 23.7 Å². The average molecular weight is 516 g/mol. The van der Waals surface area contributed by atoms with Crippen LogP contribution < -0.4 is 18.9 Å². The first-order valence-corrected chi connectivity index (χ1v) is 14.0. The highest BCUT2D eigenvalue weighted by atomic mass is 16.5. The Morgan fingerprint density at radius 2 is 1.71 bits per heavy atom. The van der Waals surface area contributed by atoms with Crippen LogP contribution in [0.25, 0.3) is 5.70 Å². The Morgan fingerprint density at radius 1 is 0.974 bits per heavy atom.